The van der Waals surface area contributed by atoms with Crippen molar-refractivity contribution in [2.45, 2.75) is 26.4 Å². The quantitative estimate of drug-likeness (QED) is 0.802. The highest BCUT2D eigenvalue weighted by Gasteiger charge is 2.34. The number of halogens is 1. The van der Waals surface area contributed by atoms with E-state index in [1.54, 1.807) is 29.2 Å². The first kappa shape index (κ1) is 20.6. The van der Waals surface area contributed by atoms with Crippen LogP contribution in [-0.2, 0) is 4.74 Å². The van der Waals surface area contributed by atoms with Gasteiger partial charge in [0.2, 0.25) is 0 Å². The normalized spacial score (nSPS) is 14.3. The average Bonchev–Trinajstić information content (AvgIpc) is 2.60. The van der Waals surface area contributed by atoms with E-state index in [1.165, 1.54) is 18.2 Å². The van der Waals surface area contributed by atoms with Gasteiger partial charge in [-0.3, -0.25) is 0 Å². The first-order valence-electron chi connectivity index (χ1n) is 9.36. The molecule has 1 aliphatic heterocycles. The third-order valence-corrected chi connectivity index (χ3v) is 4.48. The smallest absolute Gasteiger partial charge is 0.410 e. The van der Waals surface area contributed by atoms with Crippen LogP contribution in [0.25, 0.3) is 11.1 Å². The monoisotopic (exact) mass is 401 g/mol. The first-order valence-corrected chi connectivity index (χ1v) is 9.36. The molecule has 2 aromatic carbocycles. The van der Waals surface area contributed by atoms with Crippen LogP contribution in [0.4, 0.5) is 9.18 Å². The molecule has 6 nitrogen and oxygen atoms in total. The highest BCUT2D eigenvalue weighted by atomic mass is 19.1. The van der Waals surface area contributed by atoms with Crippen molar-refractivity contribution in [2.24, 2.45) is 5.92 Å². The van der Waals surface area contributed by atoms with Gasteiger partial charge in [0.05, 0.1) is 12.2 Å². The van der Waals surface area contributed by atoms with Crippen LogP contribution in [0, 0.1) is 11.7 Å². The minimum Gasteiger partial charge on any atom is -0.490 e. The number of amides is 1. The van der Waals surface area contributed by atoms with Gasteiger partial charge in [-0.15, -0.1) is 0 Å². The van der Waals surface area contributed by atoms with E-state index in [0.29, 0.717) is 30.8 Å². The van der Waals surface area contributed by atoms with E-state index in [1.807, 2.05) is 20.8 Å². The molecule has 1 N–H and O–H groups in total. The zero-order valence-corrected chi connectivity index (χ0v) is 16.6. The van der Waals surface area contributed by atoms with Crippen molar-refractivity contribution in [3.63, 3.8) is 0 Å². The first-order chi connectivity index (χ1) is 13.6. The van der Waals surface area contributed by atoms with Gasteiger partial charge in [0.25, 0.3) is 0 Å². The number of rotatable bonds is 5. The van der Waals surface area contributed by atoms with E-state index in [0.717, 1.165) is 0 Å². The van der Waals surface area contributed by atoms with E-state index < -0.39 is 17.4 Å². The molecule has 1 fully saturated rings. The van der Waals surface area contributed by atoms with E-state index in [9.17, 15) is 14.0 Å². The Hall–Kier alpha value is -3.09. The van der Waals surface area contributed by atoms with Crippen LogP contribution in [-0.4, -0.2) is 47.4 Å². The number of benzene rings is 2. The molecule has 1 saturated heterocycles. The van der Waals surface area contributed by atoms with E-state index in [4.69, 9.17) is 14.6 Å². The maximum atomic E-state index is 14.4. The van der Waals surface area contributed by atoms with Crippen LogP contribution in [0.2, 0.25) is 0 Å². The van der Waals surface area contributed by atoms with Crippen LogP contribution >= 0.6 is 0 Å². The molecule has 2 aromatic rings. The highest BCUT2D eigenvalue weighted by molar-refractivity contribution is 5.88. The molecular formula is C22H24FNO5. The molecule has 1 aliphatic rings. The van der Waals surface area contributed by atoms with Crippen LogP contribution in [0.5, 0.6) is 5.75 Å². The molecule has 0 aliphatic carbocycles. The highest BCUT2D eigenvalue weighted by Crippen LogP contribution is 2.27. The Balaban J connectivity index is 1.53. The Labute approximate surface area is 168 Å². The number of nitrogens with zero attached hydrogens (tertiary/aromatic N) is 1. The van der Waals surface area contributed by atoms with Gasteiger partial charge >= 0.3 is 12.1 Å². The minimum atomic E-state index is -1.01. The maximum Gasteiger partial charge on any atom is 0.410 e. The fourth-order valence-electron chi connectivity index (χ4n) is 2.96. The zero-order valence-electron chi connectivity index (χ0n) is 16.6. The summed E-state index contributed by atoms with van der Waals surface area (Å²) in [7, 11) is 0. The van der Waals surface area contributed by atoms with Gasteiger partial charge < -0.3 is 19.5 Å². The lowest BCUT2D eigenvalue weighted by Crippen LogP contribution is -2.53. The zero-order chi connectivity index (χ0) is 21.2. The topological polar surface area (TPSA) is 76.1 Å². The number of hydrogen-bond acceptors (Lipinski definition) is 4. The standard InChI is InChI=1S/C22H24FNO5/c1-22(2,3)29-21(27)24-11-14(12-24)13-28-19-9-8-17(10-18(19)23)15-4-6-16(7-5-15)20(25)26/h4-10,14H,11-13H2,1-3H3,(H,25,26). The summed E-state index contributed by atoms with van der Waals surface area (Å²) in [5.74, 6) is -1.22. The summed E-state index contributed by atoms with van der Waals surface area (Å²) in [6, 6.07) is 10.9. The van der Waals surface area contributed by atoms with Gasteiger partial charge in [0, 0.05) is 19.0 Å². The van der Waals surface area contributed by atoms with E-state index in [2.05, 4.69) is 0 Å². The fraction of sp³-hybridized carbons (Fsp3) is 0.364. The van der Waals surface area contributed by atoms with Crippen LogP contribution in [0.1, 0.15) is 31.1 Å². The fourth-order valence-corrected chi connectivity index (χ4v) is 2.96. The van der Waals surface area contributed by atoms with Crippen LogP contribution in [0.15, 0.2) is 42.5 Å². The van der Waals surface area contributed by atoms with E-state index >= 15 is 0 Å². The number of likely N-dealkylation sites (tertiary alicyclic amines) is 1. The summed E-state index contributed by atoms with van der Waals surface area (Å²) in [6.07, 6.45) is -0.349. The Bertz CT molecular complexity index is 898. The van der Waals surface area contributed by atoms with Gasteiger partial charge in [0.15, 0.2) is 11.6 Å². The summed E-state index contributed by atoms with van der Waals surface area (Å²) in [4.78, 5) is 24.4. The molecular weight excluding hydrogens is 377 g/mol. The Kier molecular flexibility index (Phi) is 5.77. The molecule has 0 atom stereocenters. The van der Waals surface area contributed by atoms with Gasteiger partial charge in [0.1, 0.15) is 5.60 Å². The molecule has 1 heterocycles. The molecule has 0 bridgehead atoms. The second kappa shape index (κ2) is 8.11. The summed E-state index contributed by atoms with van der Waals surface area (Å²) >= 11 is 0. The summed E-state index contributed by atoms with van der Waals surface area (Å²) in [5.41, 5.74) is 0.992. The van der Waals surface area contributed by atoms with Crippen molar-refractivity contribution in [2.75, 3.05) is 19.7 Å². The molecule has 0 unspecified atom stereocenters. The molecule has 154 valence electrons. The van der Waals surface area contributed by atoms with Crippen molar-refractivity contribution in [1.29, 1.82) is 0 Å². The van der Waals surface area contributed by atoms with E-state index in [-0.39, 0.29) is 23.3 Å². The van der Waals surface area contributed by atoms with Crippen LogP contribution < -0.4 is 4.74 Å². The summed E-state index contributed by atoms with van der Waals surface area (Å²) < 4.78 is 25.3. The predicted molar refractivity (Wildman–Crippen MR) is 106 cm³/mol. The molecule has 0 aromatic heterocycles. The lowest BCUT2D eigenvalue weighted by atomic mass is 10.0. The Morgan fingerprint density at radius 1 is 1.10 bits per heavy atom. The maximum absolute atomic E-state index is 14.4. The Morgan fingerprint density at radius 3 is 2.28 bits per heavy atom. The molecule has 0 spiro atoms. The molecule has 1 amide bonds. The molecule has 3 rings (SSSR count). The lowest BCUT2D eigenvalue weighted by Gasteiger charge is -2.39. The summed E-state index contributed by atoms with van der Waals surface area (Å²) in [6.45, 7) is 6.80. The molecule has 0 radical (unpaired) electrons. The number of carboxylic acids is 1. The molecule has 0 saturated carbocycles. The van der Waals surface area contributed by atoms with Gasteiger partial charge in [-0.2, -0.15) is 0 Å². The predicted octanol–water partition coefficient (Wildman–Crippen LogP) is 4.44. The average molecular weight is 401 g/mol. The van der Waals surface area contributed by atoms with Crippen molar-refractivity contribution in [3.05, 3.63) is 53.8 Å². The van der Waals surface area contributed by atoms with Crippen molar-refractivity contribution >= 4 is 12.1 Å². The number of carboxylic acid groups (broad SMARTS) is 1. The van der Waals surface area contributed by atoms with Gasteiger partial charge in [-0.05, 0) is 56.2 Å². The number of aromatic carboxylic acids is 1. The van der Waals surface area contributed by atoms with Gasteiger partial charge in [-0.25, -0.2) is 14.0 Å². The third kappa shape index (κ3) is 5.25. The molecule has 29 heavy (non-hydrogen) atoms. The number of carbonyl (C=O) groups excluding carboxylic acids is 1. The summed E-state index contributed by atoms with van der Waals surface area (Å²) in [5, 5.41) is 8.95. The largest absolute Gasteiger partial charge is 0.490 e. The Morgan fingerprint density at radius 2 is 1.72 bits per heavy atom. The number of carbonyl (C=O) groups is 2. The van der Waals surface area contributed by atoms with Crippen LogP contribution in [0.3, 0.4) is 0 Å². The lowest BCUT2D eigenvalue weighted by molar-refractivity contribution is -0.00806. The second-order valence-electron chi connectivity index (χ2n) is 8.09. The minimum absolute atomic E-state index is 0.130. The third-order valence-electron chi connectivity index (χ3n) is 4.48. The van der Waals surface area contributed by atoms with Crippen molar-refractivity contribution in [1.82, 2.24) is 4.90 Å². The van der Waals surface area contributed by atoms with Crippen molar-refractivity contribution in [3.8, 4) is 16.9 Å². The number of ether oxygens (including phenoxy) is 2. The molecule has 7 heteroatoms. The van der Waals surface area contributed by atoms with Crippen molar-refractivity contribution < 1.29 is 28.6 Å². The SMILES string of the molecule is CC(C)(C)OC(=O)N1CC(COc2ccc(-c3ccc(C(=O)O)cc3)cc2F)C1. The second-order valence-corrected chi connectivity index (χ2v) is 8.09. The van der Waals surface area contributed by atoms with Gasteiger partial charge in [-0.1, -0.05) is 18.2 Å². The number of hydrogen-bond donors (Lipinski definition) is 1.